The summed E-state index contributed by atoms with van der Waals surface area (Å²) in [4.78, 5) is 38.4. The van der Waals surface area contributed by atoms with Crippen LogP contribution in [-0.2, 0) is 13.1 Å². The molecule has 0 atom stereocenters. The fourth-order valence-electron chi connectivity index (χ4n) is 3.58. The van der Waals surface area contributed by atoms with Crippen molar-refractivity contribution in [3.8, 4) is 10.6 Å². The number of pyridine rings is 2. The minimum atomic E-state index is -0.445. The largest absolute Gasteiger partial charge is 0.347 e. The maximum atomic E-state index is 12.9. The van der Waals surface area contributed by atoms with Gasteiger partial charge in [-0.1, -0.05) is 29.3 Å². The van der Waals surface area contributed by atoms with Gasteiger partial charge in [-0.2, -0.15) is 0 Å². The number of amides is 1. The van der Waals surface area contributed by atoms with Gasteiger partial charge in [0.2, 0.25) is 0 Å². The number of halogens is 2. The van der Waals surface area contributed by atoms with Crippen molar-refractivity contribution in [3.05, 3.63) is 104 Å². The van der Waals surface area contributed by atoms with E-state index in [1.54, 1.807) is 42.9 Å². The molecule has 0 aliphatic rings. The summed E-state index contributed by atoms with van der Waals surface area (Å²) in [5, 5.41) is 5.48. The summed E-state index contributed by atoms with van der Waals surface area (Å²) in [5.41, 5.74) is 2.23. The SMILES string of the molecule is O=C(NCc1cnc(-c2c[nH]c3ncccc23)s1)c1cccn(Cc2ccc(Cl)c(Cl)c2)c1=O. The summed E-state index contributed by atoms with van der Waals surface area (Å²) in [7, 11) is 0. The van der Waals surface area contributed by atoms with Gasteiger partial charge >= 0.3 is 0 Å². The molecule has 1 aromatic carbocycles. The molecule has 10 heteroatoms. The monoisotopic (exact) mass is 509 g/mol. The normalized spacial score (nSPS) is 11.1. The van der Waals surface area contributed by atoms with E-state index in [0.29, 0.717) is 10.0 Å². The highest BCUT2D eigenvalue weighted by Gasteiger charge is 2.15. The smallest absolute Gasteiger partial charge is 0.263 e. The van der Waals surface area contributed by atoms with Gasteiger partial charge in [0, 0.05) is 40.6 Å². The first-order chi connectivity index (χ1) is 16.5. The number of aromatic amines is 1. The third kappa shape index (κ3) is 4.48. The molecule has 0 bridgehead atoms. The summed E-state index contributed by atoms with van der Waals surface area (Å²) < 4.78 is 1.46. The van der Waals surface area contributed by atoms with E-state index in [1.807, 2.05) is 18.3 Å². The summed E-state index contributed by atoms with van der Waals surface area (Å²) in [6.45, 7) is 0.534. The minimum Gasteiger partial charge on any atom is -0.347 e. The minimum absolute atomic E-state index is 0.0648. The molecule has 170 valence electrons. The van der Waals surface area contributed by atoms with Crippen LogP contribution < -0.4 is 10.9 Å². The van der Waals surface area contributed by atoms with Crippen molar-refractivity contribution < 1.29 is 4.79 Å². The van der Waals surface area contributed by atoms with Crippen LogP contribution in [0.25, 0.3) is 21.6 Å². The maximum absolute atomic E-state index is 12.9. The lowest BCUT2D eigenvalue weighted by atomic mass is 10.2. The second-order valence-electron chi connectivity index (χ2n) is 7.52. The van der Waals surface area contributed by atoms with Crippen LogP contribution in [0.3, 0.4) is 0 Å². The Balaban J connectivity index is 1.29. The zero-order valence-electron chi connectivity index (χ0n) is 17.6. The van der Waals surface area contributed by atoms with Crippen molar-refractivity contribution in [3.63, 3.8) is 0 Å². The lowest BCUT2D eigenvalue weighted by Crippen LogP contribution is -2.32. The van der Waals surface area contributed by atoms with Crippen molar-refractivity contribution in [1.82, 2.24) is 24.8 Å². The molecule has 34 heavy (non-hydrogen) atoms. The molecule has 2 N–H and O–H groups in total. The summed E-state index contributed by atoms with van der Waals surface area (Å²) >= 11 is 13.5. The van der Waals surface area contributed by atoms with Crippen molar-refractivity contribution in [2.24, 2.45) is 0 Å². The number of rotatable bonds is 6. The highest BCUT2D eigenvalue weighted by atomic mass is 35.5. The predicted molar refractivity (Wildman–Crippen MR) is 135 cm³/mol. The molecule has 7 nitrogen and oxygen atoms in total. The van der Waals surface area contributed by atoms with E-state index in [9.17, 15) is 9.59 Å². The zero-order chi connectivity index (χ0) is 23.7. The van der Waals surface area contributed by atoms with Crippen molar-refractivity contribution in [2.75, 3.05) is 0 Å². The molecule has 0 saturated carbocycles. The van der Waals surface area contributed by atoms with E-state index in [0.717, 1.165) is 32.0 Å². The van der Waals surface area contributed by atoms with Gasteiger partial charge in [-0.3, -0.25) is 9.59 Å². The van der Waals surface area contributed by atoms with Gasteiger partial charge in [-0.25, -0.2) is 9.97 Å². The number of carbonyl (C=O) groups excluding carboxylic acids is 1. The van der Waals surface area contributed by atoms with Gasteiger partial charge in [0.15, 0.2) is 0 Å². The number of hydrogen-bond acceptors (Lipinski definition) is 5. The van der Waals surface area contributed by atoms with E-state index in [2.05, 4.69) is 20.3 Å². The molecule has 1 amide bonds. The third-order valence-electron chi connectivity index (χ3n) is 5.26. The Morgan fingerprint density at radius 1 is 1.12 bits per heavy atom. The van der Waals surface area contributed by atoms with E-state index in [-0.39, 0.29) is 24.2 Å². The first-order valence-electron chi connectivity index (χ1n) is 10.3. The second kappa shape index (κ2) is 9.42. The number of H-pyrrole nitrogens is 1. The number of thiazole rings is 1. The molecule has 5 aromatic rings. The molecule has 0 radical (unpaired) electrons. The second-order valence-corrected chi connectivity index (χ2v) is 9.45. The van der Waals surface area contributed by atoms with Gasteiger partial charge in [0.05, 0.1) is 23.1 Å². The zero-order valence-corrected chi connectivity index (χ0v) is 19.9. The number of hydrogen-bond donors (Lipinski definition) is 2. The lowest BCUT2D eigenvalue weighted by molar-refractivity contribution is 0.0949. The highest BCUT2D eigenvalue weighted by molar-refractivity contribution is 7.15. The molecule has 4 aromatic heterocycles. The molecule has 5 rings (SSSR count). The average molecular weight is 510 g/mol. The topological polar surface area (TPSA) is 92.7 Å². The third-order valence-corrected chi connectivity index (χ3v) is 7.03. The average Bonchev–Trinajstić information content (AvgIpc) is 3.48. The van der Waals surface area contributed by atoms with Gasteiger partial charge in [0.25, 0.3) is 11.5 Å². The predicted octanol–water partition coefficient (Wildman–Crippen LogP) is 5.13. The summed E-state index contributed by atoms with van der Waals surface area (Å²) in [5.74, 6) is -0.445. The summed E-state index contributed by atoms with van der Waals surface area (Å²) in [6.07, 6.45) is 6.96. The first-order valence-corrected chi connectivity index (χ1v) is 11.9. The Labute approximate surface area is 208 Å². The number of carbonyl (C=O) groups is 1. The van der Waals surface area contributed by atoms with E-state index in [1.165, 1.54) is 22.0 Å². The number of aromatic nitrogens is 4. The van der Waals surface area contributed by atoms with Crippen molar-refractivity contribution in [1.29, 1.82) is 0 Å². The van der Waals surface area contributed by atoms with Crippen LogP contribution in [-0.4, -0.2) is 25.4 Å². The highest BCUT2D eigenvalue weighted by Crippen LogP contribution is 2.30. The molecular formula is C24H17Cl2N5O2S. The molecule has 0 unspecified atom stereocenters. The fourth-order valence-corrected chi connectivity index (χ4v) is 4.78. The van der Waals surface area contributed by atoms with Crippen molar-refractivity contribution >= 4 is 51.5 Å². The molecule has 4 heterocycles. The molecule has 0 fully saturated rings. The van der Waals surface area contributed by atoms with Crippen molar-refractivity contribution in [2.45, 2.75) is 13.1 Å². The lowest BCUT2D eigenvalue weighted by Gasteiger charge is -2.09. The molecule has 0 aliphatic heterocycles. The van der Waals surface area contributed by atoms with E-state index < -0.39 is 5.91 Å². The van der Waals surface area contributed by atoms with E-state index in [4.69, 9.17) is 23.2 Å². The molecule has 0 spiro atoms. The quantitative estimate of drug-likeness (QED) is 0.331. The fraction of sp³-hybridized carbons (Fsp3) is 0.0833. The Kier molecular flexibility index (Phi) is 6.19. The number of nitrogens with one attached hydrogen (secondary N) is 2. The van der Waals surface area contributed by atoms with Gasteiger partial charge < -0.3 is 14.9 Å². The van der Waals surface area contributed by atoms with Crippen LogP contribution in [0.1, 0.15) is 20.8 Å². The van der Waals surface area contributed by atoms with Crippen LogP contribution in [0.2, 0.25) is 10.0 Å². The maximum Gasteiger partial charge on any atom is 0.263 e. The van der Waals surface area contributed by atoms with Gasteiger partial charge in [0.1, 0.15) is 16.2 Å². The number of nitrogens with zero attached hydrogens (tertiary/aromatic N) is 3. The van der Waals surface area contributed by atoms with E-state index >= 15 is 0 Å². The van der Waals surface area contributed by atoms with Crippen LogP contribution in [0.4, 0.5) is 0 Å². The molecular weight excluding hydrogens is 493 g/mol. The molecule has 0 saturated heterocycles. The standard InChI is InChI=1S/C24H17Cl2N5O2S/c25-19-6-5-14(9-20(19)26)13-31-8-2-4-17(24(31)33)22(32)29-10-15-11-30-23(34-15)18-12-28-21-16(18)3-1-7-27-21/h1-9,11-12H,10,13H2,(H,27,28)(H,29,32). The van der Waals surface area contributed by atoms with Gasteiger partial charge in [-0.05, 0) is 42.0 Å². The number of fused-ring (bicyclic) bond motifs is 1. The Hall–Kier alpha value is -3.46. The van der Waals surface area contributed by atoms with Crippen LogP contribution in [0.5, 0.6) is 0 Å². The Morgan fingerprint density at radius 3 is 2.85 bits per heavy atom. The molecule has 0 aliphatic carbocycles. The first kappa shape index (κ1) is 22.3. The Morgan fingerprint density at radius 2 is 2.00 bits per heavy atom. The Bertz CT molecular complexity index is 1570. The van der Waals surface area contributed by atoms with Crippen LogP contribution >= 0.6 is 34.5 Å². The van der Waals surface area contributed by atoms with Crippen LogP contribution in [0, 0.1) is 0 Å². The summed E-state index contributed by atoms with van der Waals surface area (Å²) in [6, 6.07) is 12.2. The number of benzene rings is 1. The van der Waals surface area contributed by atoms with Crippen LogP contribution in [0.15, 0.2) is 72.0 Å². The van der Waals surface area contributed by atoms with Gasteiger partial charge in [-0.15, -0.1) is 11.3 Å².